The number of carbonyl (C=O) groups excluding carboxylic acids is 3. The number of hydrogen-bond acceptors (Lipinski definition) is 8. The Bertz CT molecular complexity index is 1640. The number of benzene rings is 1. The lowest BCUT2D eigenvalue weighted by atomic mass is 9.79. The predicted octanol–water partition coefficient (Wildman–Crippen LogP) is 4.34. The number of imidazole rings is 1. The van der Waals surface area contributed by atoms with Crippen LogP contribution in [-0.4, -0.2) is 93.1 Å². The quantitative estimate of drug-likeness (QED) is 0.374. The number of halogens is 5. The summed E-state index contributed by atoms with van der Waals surface area (Å²) in [4.78, 5) is 48.6. The Morgan fingerprint density at radius 3 is 2.41 bits per heavy atom. The molecule has 1 saturated carbocycles. The summed E-state index contributed by atoms with van der Waals surface area (Å²) in [6, 6.07) is 2.04. The molecule has 1 aromatic carbocycles. The summed E-state index contributed by atoms with van der Waals surface area (Å²) in [6.45, 7) is 0.0573. The number of H-pyrrole nitrogens is 1. The zero-order valence-electron chi connectivity index (χ0n) is 25.0. The Morgan fingerprint density at radius 2 is 1.78 bits per heavy atom. The standard InChI is InChI=1S/C29H32F5N7O5/c1-14-21(39-46-38-14)25(42)37-22(15-5-8-28(31,32)9-6-15)24-35-19-4-3-16(20(30)23(19)36-24)18-11-40(27(44)45-2)10-7-17(18)26(43)41-12-29(33,34)13-41/h3-4,15,17-18,22H,5-13H2,1-2H3,(H,35,36)(H,37,42)/t17-,18+,22?/m1/s1. The highest BCUT2D eigenvalue weighted by atomic mass is 19.3. The summed E-state index contributed by atoms with van der Waals surface area (Å²) in [5.41, 5.74) is 0.267. The van der Waals surface area contributed by atoms with Gasteiger partial charge < -0.3 is 24.8 Å². The van der Waals surface area contributed by atoms with Crippen molar-refractivity contribution >= 4 is 28.9 Å². The number of rotatable bonds is 6. The molecule has 3 aliphatic rings. The molecule has 2 N–H and O–H groups in total. The maximum absolute atomic E-state index is 16.4. The Hall–Kier alpha value is -4.31. The molecule has 3 fully saturated rings. The minimum atomic E-state index is -2.99. The molecule has 0 bridgehead atoms. The van der Waals surface area contributed by atoms with Crippen LogP contribution in [-0.2, 0) is 9.53 Å². The number of aryl methyl sites for hydroxylation is 1. The van der Waals surface area contributed by atoms with Gasteiger partial charge in [-0.05, 0) is 48.9 Å². The van der Waals surface area contributed by atoms with E-state index >= 15 is 4.39 Å². The van der Waals surface area contributed by atoms with Gasteiger partial charge in [0.05, 0.1) is 31.8 Å². The van der Waals surface area contributed by atoms with Crippen LogP contribution in [0.1, 0.15) is 71.6 Å². The molecule has 17 heteroatoms. The Labute approximate surface area is 259 Å². The van der Waals surface area contributed by atoms with E-state index < -0.39 is 85.3 Å². The molecule has 3 aromatic rings. The first-order chi connectivity index (χ1) is 21.8. The van der Waals surface area contributed by atoms with Crippen molar-refractivity contribution < 1.29 is 45.7 Å². The van der Waals surface area contributed by atoms with E-state index in [-0.39, 0.29) is 66.2 Å². The third-order valence-corrected chi connectivity index (χ3v) is 9.24. The van der Waals surface area contributed by atoms with Gasteiger partial charge in [-0.3, -0.25) is 9.59 Å². The average molecular weight is 654 g/mol. The van der Waals surface area contributed by atoms with Crippen molar-refractivity contribution in [2.24, 2.45) is 11.8 Å². The highest BCUT2D eigenvalue weighted by Gasteiger charge is 2.50. The molecule has 2 saturated heterocycles. The molecule has 46 heavy (non-hydrogen) atoms. The molecule has 3 amide bonds. The number of alkyl halides is 4. The number of aromatic nitrogens is 4. The third kappa shape index (κ3) is 5.98. The van der Waals surface area contributed by atoms with Gasteiger partial charge in [0, 0.05) is 37.8 Å². The summed E-state index contributed by atoms with van der Waals surface area (Å²) in [5, 5.41) is 9.99. The summed E-state index contributed by atoms with van der Waals surface area (Å²) in [5.74, 6) is -10.0. The molecular formula is C29H32F5N7O5. The van der Waals surface area contributed by atoms with Gasteiger partial charge in [0.15, 0.2) is 11.5 Å². The lowest BCUT2D eigenvalue weighted by molar-refractivity contribution is -0.171. The van der Waals surface area contributed by atoms with Crippen LogP contribution in [0.5, 0.6) is 0 Å². The average Bonchev–Trinajstić information content (AvgIpc) is 3.64. The first-order valence-electron chi connectivity index (χ1n) is 14.9. The highest BCUT2D eigenvalue weighted by Crippen LogP contribution is 2.43. The van der Waals surface area contributed by atoms with Crippen LogP contribution in [0, 0.1) is 24.6 Å². The number of nitrogens with one attached hydrogen (secondary N) is 2. The normalized spacial score (nSPS) is 23.5. The highest BCUT2D eigenvalue weighted by molar-refractivity contribution is 5.93. The van der Waals surface area contributed by atoms with Crippen LogP contribution >= 0.6 is 0 Å². The first-order valence-corrected chi connectivity index (χ1v) is 14.9. The third-order valence-electron chi connectivity index (χ3n) is 9.24. The number of aromatic amines is 1. The largest absolute Gasteiger partial charge is 0.453 e. The molecule has 0 radical (unpaired) electrons. The predicted molar refractivity (Wildman–Crippen MR) is 149 cm³/mol. The van der Waals surface area contributed by atoms with Gasteiger partial charge >= 0.3 is 6.09 Å². The first kappa shape index (κ1) is 31.7. The van der Waals surface area contributed by atoms with Gasteiger partial charge in [-0.1, -0.05) is 11.2 Å². The van der Waals surface area contributed by atoms with Crippen molar-refractivity contribution in [2.75, 3.05) is 33.3 Å². The number of hydrogen-bond donors (Lipinski definition) is 2. The second-order valence-corrected chi connectivity index (χ2v) is 12.3. The van der Waals surface area contributed by atoms with Gasteiger partial charge in [0.2, 0.25) is 11.8 Å². The Morgan fingerprint density at radius 1 is 1.07 bits per heavy atom. The summed E-state index contributed by atoms with van der Waals surface area (Å²) < 4.78 is 81.1. The molecule has 4 heterocycles. The zero-order chi connectivity index (χ0) is 33.0. The number of carbonyl (C=O) groups is 3. The minimum absolute atomic E-state index is 0.0481. The van der Waals surface area contributed by atoms with Crippen molar-refractivity contribution in [3.05, 3.63) is 40.7 Å². The Kier molecular flexibility index (Phi) is 8.13. The van der Waals surface area contributed by atoms with Crippen molar-refractivity contribution in [3.8, 4) is 0 Å². The number of nitrogens with zero attached hydrogens (tertiary/aromatic N) is 5. The van der Waals surface area contributed by atoms with Crippen molar-refractivity contribution in [2.45, 2.75) is 62.8 Å². The van der Waals surface area contributed by atoms with Crippen LogP contribution in [0.25, 0.3) is 11.0 Å². The smallest absolute Gasteiger partial charge is 0.409 e. The second kappa shape index (κ2) is 11.8. The Balaban J connectivity index is 1.34. The molecule has 2 aromatic heterocycles. The second-order valence-electron chi connectivity index (χ2n) is 12.3. The monoisotopic (exact) mass is 653 g/mol. The van der Waals surface area contributed by atoms with Gasteiger partial charge in [-0.15, -0.1) is 0 Å². The zero-order valence-corrected chi connectivity index (χ0v) is 25.0. The topological polar surface area (TPSA) is 147 Å². The maximum atomic E-state index is 16.4. The van der Waals surface area contributed by atoms with Crippen LogP contribution < -0.4 is 5.32 Å². The van der Waals surface area contributed by atoms with E-state index in [1.165, 1.54) is 31.1 Å². The van der Waals surface area contributed by atoms with E-state index in [1.807, 2.05) is 0 Å². The van der Waals surface area contributed by atoms with Crippen LogP contribution in [0.15, 0.2) is 16.8 Å². The van der Waals surface area contributed by atoms with E-state index in [0.717, 1.165) is 4.90 Å². The molecule has 0 spiro atoms. The summed E-state index contributed by atoms with van der Waals surface area (Å²) in [7, 11) is 1.19. The van der Waals surface area contributed by atoms with E-state index in [0.29, 0.717) is 0 Å². The van der Waals surface area contributed by atoms with Crippen molar-refractivity contribution in [1.29, 1.82) is 0 Å². The van der Waals surface area contributed by atoms with Crippen LogP contribution in [0.3, 0.4) is 0 Å². The summed E-state index contributed by atoms with van der Waals surface area (Å²) in [6.07, 6.45) is -1.26. The fourth-order valence-electron chi connectivity index (χ4n) is 6.72. The van der Waals surface area contributed by atoms with Gasteiger partial charge in [-0.25, -0.2) is 36.4 Å². The summed E-state index contributed by atoms with van der Waals surface area (Å²) >= 11 is 0. The van der Waals surface area contributed by atoms with E-state index in [1.54, 1.807) is 0 Å². The number of fused-ring (bicyclic) bond motifs is 1. The van der Waals surface area contributed by atoms with Crippen molar-refractivity contribution in [1.82, 2.24) is 35.4 Å². The number of likely N-dealkylation sites (tertiary alicyclic amines) is 2. The number of ether oxygens (including phenoxy) is 1. The molecule has 12 nitrogen and oxygen atoms in total. The van der Waals surface area contributed by atoms with E-state index in [4.69, 9.17) is 4.74 Å². The molecular weight excluding hydrogens is 621 g/mol. The van der Waals surface area contributed by atoms with Crippen LogP contribution in [0.2, 0.25) is 0 Å². The lowest BCUT2D eigenvalue weighted by Crippen LogP contribution is -2.61. The molecule has 6 rings (SSSR count). The molecule has 248 valence electrons. The minimum Gasteiger partial charge on any atom is -0.453 e. The van der Waals surface area contributed by atoms with Gasteiger partial charge in [0.25, 0.3) is 11.8 Å². The van der Waals surface area contributed by atoms with Gasteiger partial charge in [0.1, 0.15) is 17.0 Å². The maximum Gasteiger partial charge on any atom is 0.409 e. The van der Waals surface area contributed by atoms with Crippen molar-refractivity contribution in [3.63, 3.8) is 0 Å². The SMILES string of the molecule is COC(=O)N1CC[C@@H](C(=O)N2CC(F)(F)C2)[C@H](c2ccc3[nH]c(C(NC(=O)c4nonc4C)C4CCC(F)(F)CC4)nc3c2F)C1. The fraction of sp³-hybridized carbons (Fsp3) is 0.586. The molecule has 3 atom stereocenters. The molecule has 1 unspecified atom stereocenters. The lowest BCUT2D eigenvalue weighted by Gasteiger charge is -2.44. The number of amides is 3. The van der Waals surface area contributed by atoms with E-state index in [9.17, 15) is 31.9 Å². The van der Waals surface area contributed by atoms with Crippen LogP contribution in [0.4, 0.5) is 26.7 Å². The molecule has 2 aliphatic heterocycles. The number of piperidine rings is 1. The van der Waals surface area contributed by atoms with Gasteiger partial charge in [-0.2, -0.15) is 0 Å². The number of methoxy groups -OCH3 is 1. The molecule has 1 aliphatic carbocycles. The van der Waals surface area contributed by atoms with E-state index in [2.05, 4.69) is 30.2 Å². The fourth-order valence-corrected chi connectivity index (χ4v) is 6.72.